The maximum atomic E-state index is 12.6. The van der Waals surface area contributed by atoms with Crippen LogP contribution in [0.1, 0.15) is 12.8 Å². The summed E-state index contributed by atoms with van der Waals surface area (Å²) in [5.74, 6) is 0.375. The summed E-state index contributed by atoms with van der Waals surface area (Å²) in [6, 6.07) is 12.4. The molecule has 1 N–H and O–H groups in total. The van der Waals surface area contributed by atoms with Crippen molar-refractivity contribution in [1.29, 1.82) is 0 Å². The number of thioether (sulfide) groups is 1. The second kappa shape index (κ2) is 9.40. The number of rotatable bonds is 8. The van der Waals surface area contributed by atoms with Gasteiger partial charge in [0.15, 0.2) is 0 Å². The molecule has 1 amide bonds. The molecule has 7 nitrogen and oxygen atoms in total. The van der Waals surface area contributed by atoms with E-state index in [0.717, 1.165) is 22.3 Å². The molecule has 2 aromatic rings. The van der Waals surface area contributed by atoms with Crippen LogP contribution in [0, 0.1) is 0 Å². The lowest BCUT2D eigenvalue weighted by atomic mass is 10.4. The third-order valence-corrected chi connectivity index (χ3v) is 7.31. The first-order valence-corrected chi connectivity index (χ1v) is 11.5. The number of carbonyl (C=O) groups excluding carboxylic acids is 1. The topological polar surface area (TPSA) is 88.5 Å². The van der Waals surface area contributed by atoms with Gasteiger partial charge in [-0.3, -0.25) is 9.59 Å². The molecule has 1 aliphatic rings. The fourth-order valence-corrected chi connectivity index (χ4v) is 5.28. The zero-order chi connectivity index (χ0) is 20.0. The SMILES string of the molecule is O=C(Cn1cc(S(=O)(=O)N2CCCC2)ccc1=O)NCCSc1ccccc1. The Labute approximate surface area is 168 Å². The zero-order valence-electron chi connectivity index (χ0n) is 15.4. The van der Waals surface area contributed by atoms with Crippen molar-refractivity contribution < 1.29 is 13.2 Å². The third kappa shape index (κ3) is 5.24. The Morgan fingerprint density at radius 2 is 1.79 bits per heavy atom. The first-order valence-electron chi connectivity index (χ1n) is 9.12. The Morgan fingerprint density at radius 1 is 1.07 bits per heavy atom. The van der Waals surface area contributed by atoms with Gasteiger partial charge in [0.05, 0.1) is 4.90 Å². The Bertz CT molecular complexity index is 968. The lowest BCUT2D eigenvalue weighted by molar-refractivity contribution is -0.121. The van der Waals surface area contributed by atoms with Gasteiger partial charge in [-0.25, -0.2) is 8.42 Å². The van der Waals surface area contributed by atoms with E-state index < -0.39 is 15.6 Å². The van der Waals surface area contributed by atoms with E-state index >= 15 is 0 Å². The van der Waals surface area contributed by atoms with Crippen molar-refractivity contribution in [2.24, 2.45) is 0 Å². The highest BCUT2D eigenvalue weighted by molar-refractivity contribution is 7.99. The number of pyridine rings is 1. The molecule has 0 spiro atoms. The fourth-order valence-electron chi connectivity index (χ4n) is 2.95. The monoisotopic (exact) mass is 421 g/mol. The maximum absolute atomic E-state index is 12.6. The molecule has 0 atom stereocenters. The minimum atomic E-state index is -3.63. The quantitative estimate of drug-likeness (QED) is 0.516. The average Bonchev–Trinajstić information content (AvgIpc) is 3.23. The highest BCUT2D eigenvalue weighted by atomic mass is 32.2. The van der Waals surface area contributed by atoms with Crippen LogP contribution in [0.5, 0.6) is 0 Å². The third-order valence-electron chi connectivity index (χ3n) is 4.41. The first-order chi connectivity index (χ1) is 13.5. The molecule has 0 radical (unpaired) electrons. The predicted molar refractivity (Wildman–Crippen MR) is 109 cm³/mol. The Balaban J connectivity index is 1.57. The van der Waals surface area contributed by atoms with Crippen molar-refractivity contribution in [3.05, 3.63) is 59.0 Å². The highest BCUT2D eigenvalue weighted by Gasteiger charge is 2.27. The molecule has 1 saturated heterocycles. The number of amides is 1. The van der Waals surface area contributed by atoms with Crippen LogP contribution in [0.25, 0.3) is 0 Å². The highest BCUT2D eigenvalue weighted by Crippen LogP contribution is 2.19. The maximum Gasteiger partial charge on any atom is 0.251 e. The van der Waals surface area contributed by atoms with Crippen LogP contribution in [-0.4, -0.2) is 48.6 Å². The molecular weight excluding hydrogens is 398 g/mol. The van der Waals surface area contributed by atoms with Crippen LogP contribution in [0.15, 0.2) is 63.2 Å². The minimum Gasteiger partial charge on any atom is -0.354 e. The van der Waals surface area contributed by atoms with Gasteiger partial charge in [0.25, 0.3) is 5.56 Å². The molecule has 0 aliphatic carbocycles. The lowest BCUT2D eigenvalue weighted by Gasteiger charge is -2.16. The molecule has 0 saturated carbocycles. The summed E-state index contributed by atoms with van der Waals surface area (Å²) in [7, 11) is -3.63. The Hall–Kier alpha value is -2.10. The van der Waals surface area contributed by atoms with E-state index in [4.69, 9.17) is 0 Å². The number of hydrogen-bond acceptors (Lipinski definition) is 5. The number of carbonyl (C=O) groups is 1. The van der Waals surface area contributed by atoms with E-state index in [1.807, 2.05) is 30.3 Å². The molecule has 0 unspecified atom stereocenters. The fraction of sp³-hybridized carbons (Fsp3) is 0.368. The minimum absolute atomic E-state index is 0.0430. The van der Waals surface area contributed by atoms with Crippen molar-refractivity contribution in [3.63, 3.8) is 0 Å². The Kier molecular flexibility index (Phi) is 6.93. The van der Waals surface area contributed by atoms with E-state index in [0.29, 0.717) is 25.4 Å². The standard InChI is InChI=1S/C19H23N3O4S2/c23-18(20-10-13-27-16-6-2-1-3-7-16)15-21-14-17(8-9-19(21)24)28(25,26)22-11-4-5-12-22/h1-3,6-9,14H,4-5,10-13,15H2,(H,20,23). The summed E-state index contributed by atoms with van der Waals surface area (Å²) in [5, 5.41) is 2.76. The van der Waals surface area contributed by atoms with Gasteiger partial charge in [0.1, 0.15) is 6.54 Å². The van der Waals surface area contributed by atoms with Crippen molar-refractivity contribution in [2.75, 3.05) is 25.4 Å². The van der Waals surface area contributed by atoms with Crippen LogP contribution in [0.3, 0.4) is 0 Å². The van der Waals surface area contributed by atoms with Gasteiger partial charge < -0.3 is 9.88 Å². The number of hydrogen-bond donors (Lipinski definition) is 1. The van der Waals surface area contributed by atoms with E-state index in [-0.39, 0.29) is 17.3 Å². The molecule has 1 aliphatic heterocycles. The second-order valence-corrected chi connectivity index (χ2v) is 9.56. The second-order valence-electron chi connectivity index (χ2n) is 6.45. The summed E-state index contributed by atoms with van der Waals surface area (Å²) in [6.45, 7) is 1.22. The van der Waals surface area contributed by atoms with Gasteiger partial charge in [0, 0.05) is 42.5 Å². The molecule has 3 rings (SSSR count). The van der Waals surface area contributed by atoms with Crippen LogP contribution < -0.4 is 10.9 Å². The molecule has 1 aromatic heterocycles. The molecular formula is C19H23N3O4S2. The van der Waals surface area contributed by atoms with Crippen molar-refractivity contribution in [2.45, 2.75) is 29.2 Å². The molecule has 1 aromatic carbocycles. The van der Waals surface area contributed by atoms with Gasteiger partial charge in [-0.05, 0) is 31.0 Å². The summed E-state index contributed by atoms with van der Waals surface area (Å²) in [6.07, 6.45) is 2.93. The number of sulfonamides is 1. The molecule has 0 bridgehead atoms. The normalized spacial score (nSPS) is 14.9. The molecule has 28 heavy (non-hydrogen) atoms. The molecule has 1 fully saturated rings. The van der Waals surface area contributed by atoms with Crippen molar-refractivity contribution in [1.82, 2.24) is 14.2 Å². The average molecular weight is 422 g/mol. The number of nitrogens with one attached hydrogen (secondary N) is 1. The van der Waals surface area contributed by atoms with Gasteiger partial charge in [0.2, 0.25) is 15.9 Å². The van der Waals surface area contributed by atoms with E-state index in [1.165, 1.54) is 22.6 Å². The van der Waals surface area contributed by atoms with Gasteiger partial charge in [-0.2, -0.15) is 4.31 Å². The van der Waals surface area contributed by atoms with Crippen LogP contribution >= 0.6 is 11.8 Å². The number of benzene rings is 1. The van der Waals surface area contributed by atoms with Gasteiger partial charge in [-0.1, -0.05) is 18.2 Å². The summed E-state index contributed by atoms with van der Waals surface area (Å²) >= 11 is 1.62. The molecule has 9 heteroatoms. The van der Waals surface area contributed by atoms with Crippen LogP contribution in [0.2, 0.25) is 0 Å². The van der Waals surface area contributed by atoms with Crippen LogP contribution in [-0.2, 0) is 21.4 Å². The van der Waals surface area contributed by atoms with E-state index in [2.05, 4.69) is 5.32 Å². The van der Waals surface area contributed by atoms with Crippen molar-refractivity contribution in [3.8, 4) is 0 Å². The molecule has 2 heterocycles. The Morgan fingerprint density at radius 3 is 2.50 bits per heavy atom. The van der Waals surface area contributed by atoms with Crippen molar-refractivity contribution >= 4 is 27.7 Å². The van der Waals surface area contributed by atoms with Gasteiger partial charge >= 0.3 is 0 Å². The van der Waals surface area contributed by atoms with Crippen LogP contribution in [0.4, 0.5) is 0 Å². The lowest BCUT2D eigenvalue weighted by Crippen LogP contribution is -2.34. The zero-order valence-corrected chi connectivity index (χ0v) is 17.0. The predicted octanol–water partition coefficient (Wildman–Crippen LogP) is 1.54. The van der Waals surface area contributed by atoms with Gasteiger partial charge in [-0.15, -0.1) is 11.8 Å². The number of aromatic nitrogens is 1. The van der Waals surface area contributed by atoms with E-state index in [1.54, 1.807) is 11.8 Å². The smallest absolute Gasteiger partial charge is 0.251 e. The first kappa shape index (κ1) is 20.6. The number of nitrogens with zero attached hydrogens (tertiary/aromatic N) is 2. The molecule has 150 valence electrons. The largest absolute Gasteiger partial charge is 0.354 e. The summed E-state index contributed by atoms with van der Waals surface area (Å²) in [4.78, 5) is 25.4. The summed E-state index contributed by atoms with van der Waals surface area (Å²) in [5.41, 5.74) is -0.408. The summed E-state index contributed by atoms with van der Waals surface area (Å²) < 4.78 is 27.8. The van der Waals surface area contributed by atoms with E-state index in [9.17, 15) is 18.0 Å².